The van der Waals surface area contributed by atoms with Crippen LogP contribution in [0.1, 0.15) is 239 Å². The minimum Gasteiger partial charge on any atom is -0.479 e. The summed E-state index contributed by atoms with van der Waals surface area (Å²) in [5.41, 5.74) is 0. The van der Waals surface area contributed by atoms with Crippen LogP contribution in [0.15, 0.2) is 85.1 Å². The Morgan fingerprint density at radius 3 is 1.35 bits per heavy atom. The number of aliphatic hydroxyl groups excluding tert-OH is 2. The van der Waals surface area contributed by atoms with Crippen molar-refractivity contribution < 1.29 is 58.2 Å². The van der Waals surface area contributed by atoms with Gasteiger partial charge in [0.2, 0.25) is 0 Å². The Hall–Kier alpha value is -4.10. The van der Waals surface area contributed by atoms with Gasteiger partial charge in [-0.05, 0) is 89.9 Å². The molecule has 1 saturated heterocycles. The smallest absolute Gasteiger partial charge is 0.335 e. The number of aliphatic hydroxyl groups is 2. The summed E-state index contributed by atoms with van der Waals surface area (Å²) < 4.78 is 28.3. The van der Waals surface area contributed by atoms with Gasteiger partial charge in [0.1, 0.15) is 18.8 Å². The number of carboxylic acids is 1. The van der Waals surface area contributed by atoms with Crippen molar-refractivity contribution in [3.8, 4) is 0 Å². The van der Waals surface area contributed by atoms with Gasteiger partial charge < -0.3 is 39.0 Å². The highest BCUT2D eigenvalue weighted by molar-refractivity contribution is 5.74. The number of hydrogen-bond donors (Lipinski definition) is 3. The summed E-state index contributed by atoms with van der Waals surface area (Å²) in [7, 11) is 0. The summed E-state index contributed by atoms with van der Waals surface area (Å²) in [5.74, 6) is -3.21. The molecule has 12 nitrogen and oxygen atoms in total. The van der Waals surface area contributed by atoms with Gasteiger partial charge in [-0.3, -0.25) is 14.4 Å². The van der Waals surface area contributed by atoms with Gasteiger partial charge in [-0.2, -0.15) is 0 Å². The van der Waals surface area contributed by atoms with Gasteiger partial charge in [-0.1, -0.05) is 215 Å². The molecule has 0 amide bonds. The summed E-state index contributed by atoms with van der Waals surface area (Å²) in [5, 5.41) is 31.5. The summed E-state index contributed by atoms with van der Waals surface area (Å²) in [6.45, 7) is 5.81. The van der Waals surface area contributed by atoms with Gasteiger partial charge >= 0.3 is 23.9 Å². The molecule has 1 heterocycles. The second kappa shape index (κ2) is 50.7. The number of carbonyl (C=O) groups is 4. The standard InChI is InChI=1S/C63H104O12/c1-4-7-10-13-16-19-22-25-27-28-30-33-36-39-42-45-48-51-57(66)74-61-59(68)58(67)60(62(69)70)75-63(61)72-53-54(73-56(65)50-47-44-41-38-35-31-24-21-18-15-12-9-6-3)52-71-55(64)49-46-43-40-37-34-32-29-26-23-20-17-14-11-8-5-2/h7,10,16-17,19-20,25-27,29-30,33,39,42,54,58-61,63,67-68H,4-6,8-9,11-15,18,21-24,28,31-32,34-38,40-41,43-53H2,1-3H3,(H,69,70)/b10-7-,19-16-,20-17-,27-25-,29-26-,33-30-,42-39-. The quantitative estimate of drug-likeness (QED) is 0.0228. The van der Waals surface area contributed by atoms with E-state index in [2.05, 4.69) is 93.7 Å². The summed E-state index contributed by atoms with van der Waals surface area (Å²) in [6, 6.07) is 0. The second-order valence-corrected chi connectivity index (χ2v) is 19.9. The van der Waals surface area contributed by atoms with Crippen LogP contribution in [0.2, 0.25) is 0 Å². The average Bonchev–Trinajstić information content (AvgIpc) is 3.39. The molecular formula is C63H104O12. The van der Waals surface area contributed by atoms with Crippen molar-refractivity contribution >= 4 is 23.9 Å². The molecule has 0 aromatic rings. The molecule has 1 fully saturated rings. The average molecular weight is 1050 g/mol. The van der Waals surface area contributed by atoms with Crippen molar-refractivity contribution in [2.24, 2.45) is 0 Å². The van der Waals surface area contributed by atoms with Crippen LogP contribution in [0.5, 0.6) is 0 Å². The molecule has 0 aromatic carbocycles. The predicted octanol–water partition coefficient (Wildman–Crippen LogP) is 15.1. The van der Waals surface area contributed by atoms with Crippen molar-refractivity contribution in [3.63, 3.8) is 0 Å². The third-order valence-corrected chi connectivity index (χ3v) is 13.0. The van der Waals surface area contributed by atoms with Gasteiger partial charge in [0.25, 0.3) is 0 Å². The van der Waals surface area contributed by atoms with Crippen LogP contribution < -0.4 is 0 Å². The summed E-state index contributed by atoms with van der Waals surface area (Å²) in [6.07, 6.45) is 52.7. The zero-order valence-electron chi connectivity index (χ0n) is 47.0. The Labute approximate surface area is 454 Å². The molecule has 428 valence electrons. The van der Waals surface area contributed by atoms with E-state index in [9.17, 15) is 34.5 Å². The van der Waals surface area contributed by atoms with Crippen LogP contribution in [0.25, 0.3) is 0 Å². The van der Waals surface area contributed by atoms with E-state index in [1.807, 2.05) is 12.2 Å². The highest BCUT2D eigenvalue weighted by Gasteiger charge is 2.50. The Balaban J connectivity index is 2.74. The molecule has 6 unspecified atom stereocenters. The second-order valence-electron chi connectivity index (χ2n) is 19.9. The molecule has 0 bridgehead atoms. The molecule has 1 aliphatic heterocycles. The molecule has 0 saturated carbocycles. The van der Waals surface area contributed by atoms with Crippen LogP contribution >= 0.6 is 0 Å². The molecule has 3 N–H and O–H groups in total. The maximum Gasteiger partial charge on any atom is 0.335 e. The minimum atomic E-state index is -1.93. The van der Waals surface area contributed by atoms with Gasteiger partial charge in [-0.15, -0.1) is 0 Å². The third kappa shape index (κ3) is 40.8. The van der Waals surface area contributed by atoms with Crippen molar-refractivity contribution in [1.29, 1.82) is 0 Å². The third-order valence-electron chi connectivity index (χ3n) is 13.0. The van der Waals surface area contributed by atoms with Crippen LogP contribution in [-0.4, -0.2) is 89.2 Å². The number of rotatable bonds is 49. The number of allylic oxidation sites excluding steroid dienone is 14. The lowest BCUT2D eigenvalue weighted by atomic mass is 9.98. The number of unbranched alkanes of at least 4 members (excludes halogenated alkanes) is 21. The Morgan fingerprint density at radius 2 is 0.853 bits per heavy atom. The molecule has 0 aliphatic carbocycles. The number of carbonyl (C=O) groups excluding carboxylic acids is 3. The highest BCUT2D eigenvalue weighted by Crippen LogP contribution is 2.26. The molecule has 1 aliphatic rings. The Kier molecular flexibility index (Phi) is 46.6. The Bertz CT molecular complexity index is 1630. The number of hydrogen-bond acceptors (Lipinski definition) is 11. The van der Waals surface area contributed by atoms with Gasteiger partial charge in [0.05, 0.1) is 6.61 Å². The van der Waals surface area contributed by atoms with Crippen molar-refractivity contribution in [2.45, 2.75) is 276 Å². The molecular weight excluding hydrogens is 949 g/mol. The first-order valence-corrected chi connectivity index (χ1v) is 29.6. The zero-order chi connectivity index (χ0) is 54.7. The predicted molar refractivity (Wildman–Crippen MR) is 303 cm³/mol. The normalized spacial score (nSPS) is 18.8. The number of aliphatic carboxylic acids is 1. The molecule has 6 atom stereocenters. The van der Waals surface area contributed by atoms with Crippen molar-refractivity contribution in [2.75, 3.05) is 13.2 Å². The minimum absolute atomic E-state index is 0.0210. The van der Waals surface area contributed by atoms with E-state index in [1.165, 1.54) is 77.0 Å². The van der Waals surface area contributed by atoms with Crippen LogP contribution in [0.3, 0.4) is 0 Å². The van der Waals surface area contributed by atoms with E-state index in [-0.39, 0.29) is 25.9 Å². The van der Waals surface area contributed by atoms with Gasteiger partial charge in [-0.25, -0.2) is 4.79 Å². The van der Waals surface area contributed by atoms with E-state index in [1.54, 1.807) is 0 Å². The number of esters is 3. The Morgan fingerprint density at radius 1 is 0.453 bits per heavy atom. The van der Waals surface area contributed by atoms with Crippen LogP contribution in [0.4, 0.5) is 0 Å². The topological polar surface area (TPSA) is 175 Å². The number of ether oxygens (including phenoxy) is 5. The molecule has 12 heteroatoms. The summed E-state index contributed by atoms with van der Waals surface area (Å²) in [4.78, 5) is 51.1. The zero-order valence-corrected chi connectivity index (χ0v) is 47.0. The first-order chi connectivity index (χ1) is 36.6. The first kappa shape index (κ1) is 68.9. The maximum atomic E-state index is 13.1. The van der Waals surface area contributed by atoms with Crippen molar-refractivity contribution in [3.05, 3.63) is 85.1 Å². The van der Waals surface area contributed by atoms with Crippen LogP contribution in [-0.2, 0) is 42.9 Å². The molecule has 1 rings (SSSR count). The molecule has 0 aromatic heterocycles. The SMILES string of the molecule is CC/C=C\C/C=C\C/C=C\C/C=C\C/C=C\CCCC(=O)OC1C(OCC(COC(=O)CCCCCCC/C=C\C/C=C\CCCCC)OC(=O)CCCCCCCCCCCCCCC)OC(C(=O)O)C(O)C1O. The molecule has 0 spiro atoms. The van der Waals surface area contributed by atoms with E-state index in [0.29, 0.717) is 25.7 Å². The van der Waals surface area contributed by atoms with E-state index < -0.39 is 67.3 Å². The van der Waals surface area contributed by atoms with Crippen molar-refractivity contribution in [1.82, 2.24) is 0 Å². The van der Waals surface area contributed by atoms with E-state index in [4.69, 9.17) is 23.7 Å². The fourth-order valence-electron chi connectivity index (χ4n) is 8.43. The lowest BCUT2D eigenvalue weighted by molar-refractivity contribution is -0.301. The monoisotopic (exact) mass is 1050 g/mol. The van der Waals surface area contributed by atoms with Gasteiger partial charge in [0.15, 0.2) is 24.6 Å². The first-order valence-electron chi connectivity index (χ1n) is 29.6. The largest absolute Gasteiger partial charge is 0.479 e. The lowest BCUT2D eigenvalue weighted by Gasteiger charge is -2.40. The van der Waals surface area contributed by atoms with E-state index in [0.717, 1.165) is 96.3 Å². The lowest BCUT2D eigenvalue weighted by Crippen LogP contribution is -2.61. The maximum absolute atomic E-state index is 13.1. The number of carboxylic acid groups (broad SMARTS) is 1. The molecule has 75 heavy (non-hydrogen) atoms. The fraction of sp³-hybridized carbons (Fsp3) is 0.714. The van der Waals surface area contributed by atoms with Crippen LogP contribution in [0, 0.1) is 0 Å². The highest BCUT2D eigenvalue weighted by atomic mass is 16.7. The summed E-state index contributed by atoms with van der Waals surface area (Å²) >= 11 is 0. The fourth-order valence-corrected chi connectivity index (χ4v) is 8.43. The molecule has 0 radical (unpaired) electrons. The van der Waals surface area contributed by atoms with Gasteiger partial charge in [0, 0.05) is 19.3 Å². The van der Waals surface area contributed by atoms with E-state index >= 15 is 0 Å².